The lowest BCUT2D eigenvalue weighted by atomic mass is 10.1. The van der Waals surface area contributed by atoms with Crippen molar-refractivity contribution in [2.75, 3.05) is 63.8 Å². The fourth-order valence-corrected chi connectivity index (χ4v) is 5.64. The number of amides is 1. The van der Waals surface area contributed by atoms with Crippen LogP contribution in [-0.4, -0.2) is 74.6 Å². The molecule has 170 valence electrons. The Hall–Kier alpha value is -2.12. The Labute approximate surface area is 200 Å². The Balaban J connectivity index is 0.00000245. The van der Waals surface area contributed by atoms with Gasteiger partial charge >= 0.3 is 0 Å². The molecule has 2 aliphatic heterocycles. The molecule has 2 aliphatic rings. The predicted molar refractivity (Wildman–Crippen MR) is 137 cm³/mol. The molecular weight excluding hydrogens is 440 g/mol. The molecule has 0 atom stereocenters. The maximum atomic E-state index is 13.0. The van der Waals surface area contributed by atoms with Crippen molar-refractivity contribution in [3.05, 3.63) is 65.0 Å². The number of rotatable bonds is 5. The zero-order valence-electron chi connectivity index (χ0n) is 18.3. The van der Waals surface area contributed by atoms with Gasteiger partial charge in [0.25, 0.3) is 5.91 Å². The highest BCUT2D eigenvalue weighted by Gasteiger charge is 2.23. The van der Waals surface area contributed by atoms with Gasteiger partial charge in [0.05, 0.1) is 4.88 Å². The van der Waals surface area contributed by atoms with E-state index in [-0.39, 0.29) is 18.3 Å². The van der Waals surface area contributed by atoms with E-state index in [4.69, 9.17) is 0 Å². The van der Waals surface area contributed by atoms with E-state index in [1.807, 2.05) is 4.90 Å². The highest BCUT2D eigenvalue weighted by molar-refractivity contribution is 7.20. The molecule has 3 heterocycles. The molecule has 0 unspecified atom stereocenters. The molecule has 2 saturated heterocycles. The SMILES string of the molecule is Cl.O=C(c1cc2c(N3CCN(CCc4ccccc4)CC3)cccc2s1)N1CCNCC1. The normalized spacial score (nSPS) is 17.4. The molecule has 0 spiro atoms. The predicted octanol–water partition coefficient (Wildman–Crippen LogP) is 3.73. The summed E-state index contributed by atoms with van der Waals surface area (Å²) < 4.78 is 1.21. The molecule has 3 aromatic rings. The van der Waals surface area contributed by atoms with Crippen LogP contribution in [-0.2, 0) is 6.42 Å². The van der Waals surface area contributed by atoms with Crippen LogP contribution < -0.4 is 10.2 Å². The van der Waals surface area contributed by atoms with Crippen LogP contribution in [0.3, 0.4) is 0 Å². The van der Waals surface area contributed by atoms with Crippen molar-refractivity contribution in [1.82, 2.24) is 15.1 Å². The van der Waals surface area contributed by atoms with Gasteiger partial charge in [-0.3, -0.25) is 9.69 Å². The van der Waals surface area contributed by atoms with Crippen molar-refractivity contribution in [1.29, 1.82) is 0 Å². The topological polar surface area (TPSA) is 38.8 Å². The number of nitrogens with one attached hydrogen (secondary N) is 1. The summed E-state index contributed by atoms with van der Waals surface area (Å²) in [5.74, 6) is 0.180. The van der Waals surface area contributed by atoms with Crippen LogP contribution in [0.25, 0.3) is 10.1 Å². The molecule has 2 aromatic carbocycles. The van der Waals surface area contributed by atoms with E-state index >= 15 is 0 Å². The van der Waals surface area contributed by atoms with Crippen LogP contribution >= 0.6 is 23.7 Å². The van der Waals surface area contributed by atoms with Crippen molar-refractivity contribution < 1.29 is 4.79 Å². The number of carbonyl (C=O) groups excluding carboxylic acids is 1. The fourth-order valence-electron chi connectivity index (χ4n) is 4.59. The Morgan fingerprint density at radius 1 is 0.906 bits per heavy atom. The monoisotopic (exact) mass is 470 g/mol. The van der Waals surface area contributed by atoms with Gasteiger partial charge < -0.3 is 15.1 Å². The zero-order chi connectivity index (χ0) is 21.0. The maximum absolute atomic E-state index is 13.0. The van der Waals surface area contributed by atoms with E-state index in [2.05, 4.69) is 69.7 Å². The summed E-state index contributed by atoms with van der Waals surface area (Å²) in [5, 5.41) is 4.55. The molecule has 1 amide bonds. The number of fused-ring (bicyclic) bond motifs is 1. The highest BCUT2D eigenvalue weighted by atomic mass is 35.5. The number of anilines is 1. The van der Waals surface area contributed by atoms with Crippen molar-refractivity contribution >= 4 is 45.4 Å². The minimum atomic E-state index is 0. The molecule has 0 aliphatic carbocycles. The van der Waals surface area contributed by atoms with E-state index in [1.165, 1.54) is 21.3 Å². The Kier molecular flexibility index (Phi) is 7.68. The first-order valence-corrected chi connectivity index (χ1v) is 12.1. The number of hydrogen-bond donors (Lipinski definition) is 1. The Bertz CT molecular complexity index is 1030. The van der Waals surface area contributed by atoms with E-state index in [0.29, 0.717) is 0 Å². The van der Waals surface area contributed by atoms with Gasteiger partial charge in [-0.15, -0.1) is 23.7 Å². The maximum Gasteiger partial charge on any atom is 0.264 e. The summed E-state index contributed by atoms with van der Waals surface area (Å²) in [4.78, 5) is 20.9. The van der Waals surface area contributed by atoms with Gasteiger partial charge in [0.2, 0.25) is 0 Å². The van der Waals surface area contributed by atoms with Crippen LogP contribution in [0.4, 0.5) is 5.69 Å². The average molecular weight is 471 g/mol. The zero-order valence-corrected chi connectivity index (χ0v) is 20.0. The second-order valence-electron chi connectivity index (χ2n) is 8.41. The summed E-state index contributed by atoms with van der Waals surface area (Å²) in [5.41, 5.74) is 2.69. The van der Waals surface area contributed by atoms with Gasteiger partial charge in [-0.1, -0.05) is 36.4 Å². The molecule has 7 heteroatoms. The van der Waals surface area contributed by atoms with E-state index in [1.54, 1.807) is 11.3 Å². The smallest absolute Gasteiger partial charge is 0.264 e. The summed E-state index contributed by atoms with van der Waals surface area (Å²) in [6, 6.07) is 19.4. The quantitative estimate of drug-likeness (QED) is 0.616. The second kappa shape index (κ2) is 10.7. The third-order valence-corrected chi connectivity index (χ3v) is 7.51. The number of nitrogens with zero attached hydrogens (tertiary/aromatic N) is 3. The lowest BCUT2D eigenvalue weighted by Gasteiger charge is -2.36. The molecule has 0 radical (unpaired) electrons. The van der Waals surface area contributed by atoms with Crippen molar-refractivity contribution in [2.24, 2.45) is 0 Å². The standard InChI is InChI=1S/C25H30N4OS.ClH/c30-25(29-13-10-26-11-14-29)24-19-21-22(7-4-8-23(21)31-24)28-17-15-27(16-18-28)12-9-20-5-2-1-3-6-20;/h1-8,19,26H,9-18H2;1H. The van der Waals surface area contributed by atoms with Gasteiger partial charge in [-0.25, -0.2) is 0 Å². The van der Waals surface area contributed by atoms with Gasteiger partial charge in [0, 0.05) is 74.7 Å². The number of halogens is 1. The van der Waals surface area contributed by atoms with Gasteiger partial charge in [0.1, 0.15) is 0 Å². The minimum Gasteiger partial charge on any atom is -0.368 e. The van der Waals surface area contributed by atoms with Crippen molar-refractivity contribution in [3.63, 3.8) is 0 Å². The Morgan fingerprint density at radius 2 is 1.66 bits per heavy atom. The molecule has 0 bridgehead atoms. The van der Waals surface area contributed by atoms with E-state index in [9.17, 15) is 4.79 Å². The first-order valence-electron chi connectivity index (χ1n) is 11.3. The second-order valence-corrected chi connectivity index (χ2v) is 9.49. The summed E-state index contributed by atoms with van der Waals surface area (Å²) in [6.45, 7) is 8.71. The third-order valence-electron chi connectivity index (χ3n) is 6.43. The van der Waals surface area contributed by atoms with Crippen LogP contribution in [0.15, 0.2) is 54.6 Å². The van der Waals surface area contributed by atoms with Gasteiger partial charge in [-0.05, 0) is 30.2 Å². The molecule has 32 heavy (non-hydrogen) atoms. The Morgan fingerprint density at radius 3 is 2.41 bits per heavy atom. The average Bonchev–Trinajstić information content (AvgIpc) is 3.28. The van der Waals surface area contributed by atoms with Crippen molar-refractivity contribution in [3.8, 4) is 0 Å². The van der Waals surface area contributed by atoms with Crippen LogP contribution in [0.5, 0.6) is 0 Å². The first-order chi connectivity index (χ1) is 15.3. The van der Waals surface area contributed by atoms with Gasteiger partial charge in [-0.2, -0.15) is 0 Å². The summed E-state index contributed by atoms with van der Waals surface area (Å²) >= 11 is 1.63. The number of hydrogen-bond acceptors (Lipinski definition) is 5. The van der Waals surface area contributed by atoms with Crippen LogP contribution in [0.1, 0.15) is 15.2 Å². The largest absolute Gasteiger partial charge is 0.368 e. The molecule has 5 nitrogen and oxygen atoms in total. The number of piperazine rings is 2. The van der Waals surface area contributed by atoms with E-state index in [0.717, 1.165) is 70.2 Å². The molecule has 1 N–H and O–H groups in total. The van der Waals surface area contributed by atoms with Gasteiger partial charge in [0.15, 0.2) is 0 Å². The number of thiophene rings is 1. The molecule has 5 rings (SSSR count). The van der Waals surface area contributed by atoms with E-state index < -0.39 is 0 Å². The van der Waals surface area contributed by atoms with Crippen molar-refractivity contribution in [2.45, 2.75) is 6.42 Å². The highest BCUT2D eigenvalue weighted by Crippen LogP contribution is 2.34. The molecule has 0 saturated carbocycles. The minimum absolute atomic E-state index is 0. The third kappa shape index (κ3) is 5.09. The lowest BCUT2D eigenvalue weighted by Crippen LogP contribution is -2.47. The molecule has 1 aromatic heterocycles. The number of carbonyl (C=O) groups is 1. The first kappa shape index (κ1) is 23.1. The molecule has 2 fully saturated rings. The summed E-state index contributed by atoms with van der Waals surface area (Å²) in [6.07, 6.45) is 1.11. The summed E-state index contributed by atoms with van der Waals surface area (Å²) in [7, 11) is 0. The van der Waals surface area contributed by atoms with Crippen LogP contribution in [0.2, 0.25) is 0 Å². The fraction of sp³-hybridized carbons (Fsp3) is 0.400. The number of benzene rings is 2. The molecular formula is C25H31ClN4OS. The van der Waals surface area contributed by atoms with Crippen LogP contribution in [0, 0.1) is 0 Å². The lowest BCUT2D eigenvalue weighted by molar-refractivity contribution is 0.0741.